The Labute approximate surface area is 105 Å². The fourth-order valence-electron chi connectivity index (χ4n) is 2.66. The van der Waals surface area contributed by atoms with E-state index in [9.17, 15) is 4.79 Å². The number of rotatable bonds is 3. The van der Waals surface area contributed by atoms with Gasteiger partial charge in [-0.1, -0.05) is 27.2 Å². The van der Waals surface area contributed by atoms with Crippen molar-refractivity contribution in [2.24, 2.45) is 17.8 Å². The average Bonchev–Trinajstić information content (AvgIpc) is 2.15. The molecule has 0 radical (unpaired) electrons. The fourth-order valence-corrected chi connectivity index (χ4v) is 2.66. The van der Waals surface area contributed by atoms with E-state index in [2.05, 4.69) is 26.1 Å². The summed E-state index contributed by atoms with van der Waals surface area (Å²) in [6, 6.07) is 0.140. The lowest BCUT2D eigenvalue weighted by Crippen LogP contribution is -2.40. The molecule has 1 saturated carbocycles. The van der Waals surface area contributed by atoms with Crippen LogP contribution in [0.25, 0.3) is 0 Å². The minimum atomic E-state index is -0.259. The Morgan fingerprint density at radius 1 is 1.24 bits per heavy atom. The van der Waals surface area contributed by atoms with Crippen LogP contribution in [-0.2, 0) is 4.74 Å². The summed E-state index contributed by atoms with van der Waals surface area (Å²) in [7, 11) is 0. The summed E-state index contributed by atoms with van der Waals surface area (Å²) < 4.78 is 5.60. The highest BCUT2D eigenvalue weighted by molar-refractivity contribution is 5.67. The summed E-state index contributed by atoms with van der Waals surface area (Å²) in [4.78, 5) is 11.7. The number of alkyl carbamates (subject to hydrolysis) is 1. The molecule has 0 aromatic heterocycles. The molecule has 17 heavy (non-hydrogen) atoms. The van der Waals surface area contributed by atoms with Crippen molar-refractivity contribution in [2.75, 3.05) is 0 Å². The average molecular weight is 241 g/mol. The zero-order valence-electron chi connectivity index (χ0n) is 11.8. The summed E-state index contributed by atoms with van der Waals surface area (Å²) in [5, 5.41) is 2.80. The zero-order chi connectivity index (χ0) is 13.0. The predicted octanol–water partition coefficient (Wildman–Crippen LogP) is 3.58. The Hall–Kier alpha value is -0.730. The van der Waals surface area contributed by atoms with Gasteiger partial charge in [0.2, 0.25) is 0 Å². The number of carbonyl (C=O) groups is 1. The van der Waals surface area contributed by atoms with Crippen LogP contribution in [0.5, 0.6) is 0 Å². The number of amides is 1. The van der Waals surface area contributed by atoms with Crippen molar-refractivity contribution in [3.63, 3.8) is 0 Å². The Kier molecular flexibility index (Phi) is 5.29. The van der Waals surface area contributed by atoms with E-state index < -0.39 is 0 Å². The molecule has 0 bridgehead atoms. The van der Waals surface area contributed by atoms with Crippen LogP contribution in [0.15, 0.2) is 0 Å². The first-order valence-corrected chi connectivity index (χ1v) is 6.87. The maximum absolute atomic E-state index is 11.7. The Morgan fingerprint density at radius 3 is 2.41 bits per heavy atom. The summed E-state index contributed by atoms with van der Waals surface area (Å²) in [6.07, 6.45) is 3.28. The first-order chi connectivity index (χ1) is 7.90. The molecule has 1 aliphatic carbocycles. The van der Waals surface area contributed by atoms with E-state index in [1.807, 2.05) is 13.8 Å². The number of carbonyl (C=O) groups excluding carboxylic acids is 1. The topological polar surface area (TPSA) is 38.3 Å². The van der Waals surface area contributed by atoms with Crippen molar-refractivity contribution in [1.82, 2.24) is 5.32 Å². The van der Waals surface area contributed by atoms with Crippen LogP contribution in [0.1, 0.15) is 53.9 Å². The largest absolute Gasteiger partial charge is 0.446 e. The van der Waals surface area contributed by atoms with E-state index in [-0.39, 0.29) is 18.2 Å². The van der Waals surface area contributed by atoms with Crippen LogP contribution in [0, 0.1) is 17.8 Å². The second kappa shape index (κ2) is 6.27. The standard InChI is InChI=1S/C14H27NO2/c1-9(2)12-7-6-11(5)8-13(12)17-14(16)15-10(3)4/h9-13H,6-8H2,1-5H3,(H,15,16)/t11-,12+,13+/m1/s1. The number of nitrogens with one attached hydrogen (secondary N) is 1. The molecule has 0 unspecified atom stereocenters. The van der Waals surface area contributed by atoms with Crippen molar-refractivity contribution < 1.29 is 9.53 Å². The lowest BCUT2D eigenvalue weighted by Gasteiger charge is -2.36. The van der Waals surface area contributed by atoms with Crippen molar-refractivity contribution in [2.45, 2.75) is 66.0 Å². The van der Waals surface area contributed by atoms with Gasteiger partial charge in [-0.15, -0.1) is 0 Å². The lowest BCUT2D eigenvalue weighted by atomic mass is 9.75. The normalized spacial score (nSPS) is 29.5. The van der Waals surface area contributed by atoms with Gasteiger partial charge in [-0.05, 0) is 44.4 Å². The summed E-state index contributed by atoms with van der Waals surface area (Å²) >= 11 is 0. The third-order valence-electron chi connectivity index (χ3n) is 3.63. The maximum Gasteiger partial charge on any atom is 0.407 e. The highest BCUT2D eigenvalue weighted by Crippen LogP contribution is 2.35. The molecule has 1 aliphatic rings. The minimum absolute atomic E-state index is 0.0949. The molecular weight excluding hydrogens is 214 g/mol. The number of hydrogen-bond acceptors (Lipinski definition) is 2. The molecule has 3 nitrogen and oxygen atoms in total. The molecule has 0 aromatic rings. The van der Waals surface area contributed by atoms with E-state index >= 15 is 0 Å². The molecule has 1 amide bonds. The first kappa shape index (κ1) is 14.3. The number of hydrogen-bond donors (Lipinski definition) is 1. The van der Waals surface area contributed by atoms with Crippen LogP contribution in [0.2, 0.25) is 0 Å². The third-order valence-corrected chi connectivity index (χ3v) is 3.63. The van der Waals surface area contributed by atoms with Crippen LogP contribution in [0.4, 0.5) is 4.79 Å². The van der Waals surface area contributed by atoms with Gasteiger partial charge in [-0.2, -0.15) is 0 Å². The molecule has 1 N–H and O–H groups in total. The van der Waals surface area contributed by atoms with Crippen molar-refractivity contribution in [3.05, 3.63) is 0 Å². The quantitative estimate of drug-likeness (QED) is 0.820. The molecule has 3 heteroatoms. The second-order valence-electron chi connectivity index (χ2n) is 6.07. The monoisotopic (exact) mass is 241 g/mol. The molecule has 0 spiro atoms. The van der Waals surface area contributed by atoms with E-state index in [0.29, 0.717) is 17.8 Å². The van der Waals surface area contributed by atoms with Crippen LogP contribution in [0.3, 0.4) is 0 Å². The second-order valence-corrected chi connectivity index (χ2v) is 6.07. The van der Waals surface area contributed by atoms with Gasteiger partial charge in [0, 0.05) is 6.04 Å². The molecular formula is C14H27NO2. The smallest absolute Gasteiger partial charge is 0.407 e. The third kappa shape index (κ3) is 4.57. The Bertz CT molecular complexity index is 251. The summed E-state index contributed by atoms with van der Waals surface area (Å²) in [5.74, 6) is 1.77. The van der Waals surface area contributed by atoms with Gasteiger partial charge < -0.3 is 10.1 Å². The fraction of sp³-hybridized carbons (Fsp3) is 0.929. The van der Waals surface area contributed by atoms with Gasteiger partial charge in [0.1, 0.15) is 6.10 Å². The van der Waals surface area contributed by atoms with Gasteiger partial charge >= 0.3 is 6.09 Å². The van der Waals surface area contributed by atoms with Crippen LogP contribution >= 0.6 is 0 Å². The molecule has 100 valence electrons. The molecule has 1 fully saturated rings. The van der Waals surface area contributed by atoms with Gasteiger partial charge in [0.15, 0.2) is 0 Å². The van der Waals surface area contributed by atoms with E-state index in [4.69, 9.17) is 4.74 Å². The lowest BCUT2D eigenvalue weighted by molar-refractivity contribution is 0.00543. The van der Waals surface area contributed by atoms with Gasteiger partial charge in [-0.3, -0.25) is 0 Å². The maximum atomic E-state index is 11.7. The van der Waals surface area contributed by atoms with Crippen LogP contribution in [-0.4, -0.2) is 18.2 Å². The predicted molar refractivity (Wildman–Crippen MR) is 69.9 cm³/mol. The van der Waals surface area contributed by atoms with Crippen molar-refractivity contribution in [3.8, 4) is 0 Å². The first-order valence-electron chi connectivity index (χ1n) is 6.87. The molecule has 1 rings (SSSR count). The molecule has 0 aromatic carbocycles. The van der Waals surface area contributed by atoms with Gasteiger partial charge in [0.05, 0.1) is 0 Å². The Balaban J connectivity index is 2.54. The van der Waals surface area contributed by atoms with E-state index in [1.165, 1.54) is 12.8 Å². The number of ether oxygens (including phenoxy) is 1. The van der Waals surface area contributed by atoms with Crippen molar-refractivity contribution in [1.29, 1.82) is 0 Å². The van der Waals surface area contributed by atoms with E-state index in [1.54, 1.807) is 0 Å². The molecule has 0 saturated heterocycles. The SMILES string of the molecule is CC(C)NC(=O)O[C@H]1C[C@H](C)CC[C@H]1C(C)C. The Morgan fingerprint density at radius 2 is 1.88 bits per heavy atom. The summed E-state index contributed by atoms with van der Waals surface area (Å²) in [5.41, 5.74) is 0. The summed E-state index contributed by atoms with van der Waals surface area (Å²) in [6.45, 7) is 10.6. The van der Waals surface area contributed by atoms with Gasteiger partial charge in [0.25, 0.3) is 0 Å². The van der Waals surface area contributed by atoms with Gasteiger partial charge in [-0.25, -0.2) is 4.79 Å². The molecule has 3 atom stereocenters. The van der Waals surface area contributed by atoms with Crippen molar-refractivity contribution >= 4 is 6.09 Å². The highest BCUT2D eigenvalue weighted by atomic mass is 16.6. The highest BCUT2D eigenvalue weighted by Gasteiger charge is 2.33. The van der Waals surface area contributed by atoms with Crippen LogP contribution < -0.4 is 5.32 Å². The van der Waals surface area contributed by atoms with E-state index in [0.717, 1.165) is 6.42 Å². The molecule has 0 heterocycles. The minimum Gasteiger partial charge on any atom is -0.446 e. The zero-order valence-corrected chi connectivity index (χ0v) is 11.8. The molecule has 0 aliphatic heterocycles.